The first-order chi connectivity index (χ1) is 16.5. The van der Waals surface area contributed by atoms with Crippen LogP contribution in [-0.2, 0) is 17.3 Å². The zero-order chi connectivity index (χ0) is 25.7. The highest BCUT2D eigenvalue weighted by molar-refractivity contribution is 5.64. The standard InChI is InChI=1S/C27H27F7O/c1-2-4-22-14-15-23(26(31,32)25(22,29)30)16-18-35-27(33,34)24-12-10-21(11-13-24)20-8-6-19(7-9-20)5-3-17-28/h6-15H,2-5,16-18H2,1H3. The molecule has 2 aromatic carbocycles. The monoisotopic (exact) mass is 500 g/mol. The minimum Gasteiger partial charge on any atom is -0.316 e. The Morgan fingerprint density at radius 3 is 1.77 bits per heavy atom. The van der Waals surface area contributed by atoms with Crippen molar-refractivity contribution in [3.05, 3.63) is 83.0 Å². The van der Waals surface area contributed by atoms with Crippen LogP contribution in [0.15, 0.2) is 71.8 Å². The Morgan fingerprint density at radius 2 is 1.26 bits per heavy atom. The molecule has 1 aliphatic carbocycles. The van der Waals surface area contributed by atoms with Crippen molar-refractivity contribution >= 4 is 0 Å². The van der Waals surface area contributed by atoms with Gasteiger partial charge in [-0.2, -0.15) is 26.3 Å². The smallest absolute Gasteiger partial charge is 0.316 e. The Bertz CT molecular complexity index is 1040. The van der Waals surface area contributed by atoms with Crippen molar-refractivity contribution in [3.63, 3.8) is 0 Å². The summed E-state index contributed by atoms with van der Waals surface area (Å²) >= 11 is 0. The predicted octanol–water partition coefficient (Wildman–Crippen LogP) is 8.65. The summed E-state index contributed by atoms with van der Waals surface area (Å²) in [7, 11) is 0. The van der Waals surface area contributed by atoms with Gasteiger partial charge in [-0.25, -0.2) is 0 Å². The highest BCUT2D eigenvalue weighted by atomic mass is 19.3. The normalized spacial score (nSPS) is 17.1. The van der Waals surface area contributed by atoms with Gasteiger partial charge < -0.3 is 4.74 Å². The summed E-state index contributed by atoms with van der Waals surface area (Å²) in [6, 6.07) is 12.6. The van der Waals surface area contributed by atoms with Gasteiger partial charge in [0.15, 0.2) is 0 Å². The summed E-state index contributed by atoms with van der Waals surface area (Å²) in [5.74, 6) is -8.83. The Hall–Kier alpha value is -2.61. The van der Waals surface area contributed by atoms with E-state index in [2.05, 4.69) is 4.74 Å². The van der Waals surface area contributed by atoms with Crippen molar-refractivity contribution in [3.8, 4) is 11.1 Å². The van der Waals surface area contributed by atoms with E-state index in [-0.39, 0.29) is 12.8 Å². The van der Waals surface area contributed by atoms with Crippen LogP contribution in [-0.4, -0.2) is 25.1 Å². The van der Waals surface area contributed by atoms with Gasteiger partial charge in [-0.1, -0.05) is 61.9 Å². The first-order valence-electron chi connectivity index (χ1n) is 11.5. The minimum absolute atomic E-state index is 0.180. The van der Waals surface area contributed by atoms with E-state index in [0.717, 1.165) is 35.4 Å². The van der Waals surface area contributed by atoms with Gasteiger partial charge in [0.2, 0.25) is 0 Å². The topological polar surface area (TPSA) is 9.23 Å². The molecule has 0 aromatic heterocycles. The molecule has 0 fully saturated rings. The summed E-state index contributed by atoms with van der Waals surface area (Å²) in [4.78, 5) is 0. The molecule has 2 aromatic rings. The number of ether oxygens (including phenoxy) is 1. The lowest BCUT2D eigenvalue weighted by molar-refractivity contribution is -0.249. The van der Waals surface area contributed by atoms with E-state index in [4.69, 9.17) is 0 Å². The summed E-state index contributed by atoms with van der Waals surface area (Å²) in [6.07, 6.45) is -1.60. The van der Waals surface area contributed by atoms with Gasteiger partial charge in [0.05, 0.1) is 18.8 Å². The molecule has 0 amide bonds. The highest BCUT2D eigenvalue weighted by Gasteiger charge is 2.61. The molecule has 0 N–H and O–H groups in total. The molecule has 35 heavy (non-hydrogen) atoms. The van der Waals surface area contributed by atoms with Crippen molar-refractivity contribution in [2.75, 3.05) is 13.3 Å². The Labute approximate surface area is 200 Å². The van der Waals surface area contributed by atoms with Crippen LogP contribution in [0.5, 0.6) is 0 Å². The second-order valence-corrected chi connectivity index (χ2v) is 8.46. The fourth-order valence-electron chi connectivity index (χ4n) is 3.93. The average Bonchev–Trinajstić information content (AvgIpc) is 2.83. The number of hydrogen-bond acceptors (Lipinski definition) is 1. The van der Waals surface area contributed by atoms with Crippen LogP contribution < -0.4 is 0 Å². The predicted molar refractivity (Wildman–Crippen MR) is 122 cm³/mol. The lowest BCUT2D eigenvalue weighted by Crippen LogP contribution is -2.45. The van der Waals surface area contributed by atoms with Crippen LogP contribution in [0.2, 0.25) is 0 Å². The van der Waals surface area contributed by atoms with Crippen LogP contribution in [0.4, 0.5) is 30.7 Å². The van der Waals surface area contributed by atoms with Crippen LogP contribution >= 0.6 is 0 Å². The third-order valence-corrected chi connectivity index (χ3v) is 5.97. The van der Waals surface area contributed by atoms with Gasteiger partial charge in [-0.3, -0.25) is 4.39 Å². The summed E-state index contributed by atoms with van der Waals surface area (Å²) < 4.78 is 103. The second kappa shape index (κ2) is 11.0. The van der Waals surface area contributed by atoms with Gasteiger partial charge >= 0.3 is 18.0 Å². The zero-order valence-electron chi connectivity index (χ0n) is 19.3. The fourth-order valence-corrected chi connectivity index (χ4v) is 3.93. The van der Waals surface area contributed by atoms with Gasteiger partial charge in [-0.15, -0.1) is 0 Å². The molecular formula is C27H27F7O. The van der Waals surface area contributed by atoms with E-state index < -0.39 is 54.4 Å². The average molecular weight is 500 g/mol. The van der Waals surface area contributed by atoms with Crippen molar-refractivity contribution in [2.45, 2.75) is 57.0 Å². The first-order valence-corrected chi connectivity index (χ1v) is 11.5. The molecule has 0 spiro atoms. The van der Waals surface area contributed by atoms with Crippen molar-refractivity contribution in [1.82, 2.24) is 0 Å². The Balaban J connectivity index is 1.63. The summed E-state index contributed by atoms with van der Waals surface area (Å²) in [5.41, 5.74) is 0.327. The molecule has 1 aliphatic rings. The zero-order valence-corrected chi connectivity index (χ0v) is 19.3. The Kier molecular flexibility index (Phi) is 8.46. The molecule has 0 bridgehead atoms. The lowest BCUT2D eigenvalue weighted by Gasteiger charge is -2.33. The van der Waals surface area contributed by atoms with Gasteiger partial charge in [0.1, 0.15) is 0 Å². The van der Waals surface area contributed by atoms with Crippen LogP contribution in [0, 0.1) is 0 Å². The maximum atomic E-state index is 14.5. The second-order valence-electron chi connectivity index (χ2n) is 8.46. The molecule has 190 valence electrons. The molecule has 0 unspecified atom stereocenters. The van der Waals surface area contributed by atoms with Crippen molar-refractivity contribution in [2.24, 2.45) is 0 Å². The van der Waals surface area contributed by atoms with E-state index in [0.29, 0.717) is 18.4 Å². The molecule has 0 atom stereocenters. The van der Waals surface area contributed by atoms with Crippen molar-refractivity contribution in [1.29, 1.82) is 0 Å². The number of rotatable bonds is 11. The molecule has 0 saturated heterocycles. The maximum Gasteiger partial charge on any atom is 0.383 e. The van der Waals surface area contributed by atoms with E-state index in [9.17, 15) is 30.7 Å². The van der Waals surface area contributed by atoms with Crippen LogP contribution in [0.25, 0.3) is 11.1 Å². The molecule has 0 aliphatic heterocycles. The largest absolute Gasteiger partial charge is 0.383 e. The number of allylic oxidation sites excluding steroid dienone is 3. The molecule has 1 nitrogen and oxygen atoms in total. The van der Waals surface area contributed by atoms with E-state index >= 15 is 0 Å². The molecule has 8 heteroatoms. The number of aryl methyl sites for hydroxylation is 1. The quantitative estimate of drug-likeness (QED) is 0.281. The van der Waals surface area contributed by atoms with Gasteiger partial charge in [0, 0.05) is 11.1 Å². The van der Waals surface area contributed by atoms with Crippen LogP contribution in [0.1, 0.15) is 43.7 Å². The van der Waals surface area contributed by atoms with E-state index in [1.165, 1.54) is 12.1 Å². The first kappa shape index (κ1) is 27.0. The molecular weight excluding hydrogens is 473 g/mol. The lowest BCUT2D eigenvalue weighted by atomic mass is 9.87. The fraction of sp³-hybridized carbons (Fsp3) is 0.407. The van der Waals surface area contributed by atoms with Crippen LogP contribution in [0.3, 0.4) is 0 Å². The highest BCUT2D eigenvalue weighted by Crippen LogP contribution is 2.49. The van der Waals surface area contributed by atoms with E-state index in [1.807, 2.05) is 24.3 Å². The number of hydrogen-bond donors (Lipinski definition) is 0. The molecule has 0 heterocycles. The maximum absolute atomic E-state index is 14.5. The number of alkyl halides is 7. The third-order valence-electron chi connectivity index (χ3n) is 5.97. The molecule has 0 saturated carbocycles. The van der Waals surface area contributed by atoms with E-state index in [1.54, 1.807) is 6.92 Å². The van der Waals surface area contributed by atoms with Gasteiger partial charge in [-0.05, 0) is 54.5 Å². The Morgan fingerprint density at radius 1 is 0.743 bits per heavy atom. The summed E-state index contributed by atoms with van der Waals surface area (Å²) in [5, 5.41) is 0. The summed E-state index contributed by atoms with van der Waals surface area (Å²) in [6.45, 7) is 0.343. The van der Waals surface area contributed by atoms with Crippen molar-refractivity contribution < 1.29 is 35.5 Å². The number of benzene rings is 2. The molecule has 0 radical (unpaired) electrons. The minimum atomic E-state index is -4.46. The molecule has 3 rings (SSSR count). The SMILES string of the molecule is CCCC1=CC=C(CCOC(F)(F)c2ccc(-c3ccc(CCCF)cc3)cc2)C(F)(F)C1(F)F. The number of halogens is 7. The third kappa shape index (κ3) is 5.97. The van der Waals surface area contributed by atoms with Gasteiger partial charge in [0.25, 0.3) is 0 Å².